The van der Waals surface area contributed by atoms with Crippen LogP contribution in [0.3, 0.4) is 0 Å². The van der Waals surface area contributed by atoms with Gasteiger partial charge in [-0.15, -0.1) is 0 Å². The van der Waals surface area contributed by atoms with Crippen LogP contribution in [0, 0.1) is 0 Å². The van der Waals surface area contributed by atoms with Crippen molar-refractivity contribution < 1.29 is 77.2 Å². The SMILES string of the molecule is O=C([O-])[C@H]1O[C@H](OP(=O)([O-])OP(=O)([O-])OC[C@H]2O[C@@H](n3ccc(=O)[nH]c3=O)[C@H](O)[C@@H]2O)[C@H](O)[C@@H](O)[C@@H]1O. The predicted molar refractivity (Wildman–Crippen MR) is 102 cm³/mol. The molecule has 0 saturated carbocycles. The van der Waals surface area contributed by atoms with Crippen molar-refractivity contribution in [3.8, 4) is 0 Å². The van der Waals surface area contributed by atoms with Gasteiger partial charge in [-0.2, -0.15) is 0 Å². The lowest BCUT2D eigenvalue weighted by Gasteiger charge is -2.42. The van der Waals surface area contributed by atoms with Crippen molar-refractivity contribution in [1.29, 1.82) is 0 Å². The summed E-state index contributed by atoms with van der Waals surface area (Å²) < 4.78 is 46.5. The number of phosphoric acid groups is 2. The van der Waals surface area contributed by atoms with Crippen LogP contribution in [0.2, 0.25) is 0 Å². The van der Waals surface area contributed by atoms with Gasteiger partial charge in [0.05, 0.1) is 12.6 Å². The van der Waals surface area contributed by atoms with Crippen LogP contribution in [0.5, 0.6) is 0 Å². The molecule has 210 valence electrons. The number of aromatic nitrogens is 2. The monoisotopic (exact) mass is 577 g/mol. The molecule has 1 aromatic heterocycles. The molecule has 3 rings (SSSR count). The Morgan fingerprint density at radius 1 is 1.00 bits per heavy atom. The van der Waals surface area contributed by atoms with Gasteiger partial charge in [0, 0.05) is 12.3 Å². The predicted octanol–water partition coefficient (Wildman–Crippen LogP) is -7.30. The van der Waals surface area contributed by atoms with E-state index in [0.29, 0.717) is 4.57 Å². The van der Waals surface area contributed by atoms with Crippen molar-refractivity contribution in [1.82, 2.24) is 9.55 Å². The molecular formula is C15H19N2O18P2-3. The number of phosphoric ester groups is 2. The maximum Gasteiger partial charge on any atom is 0.330 e. The molecule has 0 bridgehead atoms. The minimum atomic E-state index is -6.06. The molecule has 22 heteroatoms. The molecule has 2 unspecified atom stereocenters. The van der Waals surface area contributed by atoms with E-state index < -0.39 is 94.7 Å². The number of ether oxygens (including phenoxy) is 2. The van der Waals surface area contributed by atoms with Gasteiger partial charge in [-0.25, -0.2) is 9.11 Å². The molecule has 6 N–H and O–H groups in total. The lowest BCUT2D eigenvalue weighted by molar-refractivity contribution is -0.348. The fourth-order valence-corrected chi connectivity index (χ4v) is 5.39. The average molecular weight is 577 g/mol. The number of nitrogens with zero attached hydrogens (tertiary/aromatic N) is 1. The number of aliphatic hydroxyl groups is 5. The molecule has 2 aliphatic heterocycles. The van der Waals surface area contributed by atoms with E-state index in [1.165, 1.54) is 0 Å². The lowest BCUT2D eigenvalue weighted by atomic mass is 9.99. The summed E-state index contributed by atoms with van der Waals surface area (Å²) in [5, 5.41) is 60.0. The van der Waals surface area contributed by atoms with Crippen molar-refractivity contribution in [3.05, 3.63) is 33.1 Å². The van der Waals surface area contributed by atoms with Gasteiger partial charge in [0.15, 0.2) is 12.5 Å². The number of carboxylic acids is 1. The Bertz CT molecular complexity index is 1200. The molecule has 11 atom stereocenters. The second-order valence-electron chi connectivity index (χ2n) is 7.66. The van der Waals surface area contributed by atoms with Gasteiger partial charge in [0.1, 0.15) is 42.7 Å². The van der Waals surface area contributed by atoms with Crippen LogP contribution in [-0.2, 0) is 36.8 Å². The van der Waals surface area contributed by atoms with Crippen LogP contribution in [0.4, 0.5) is 0 Å². The average Bonchev–Trinajstić information content (AvgIpc) is 3.05. The van der Waals surface area contributed by atoms with Gasteiger partial charge in [-0.3, -0.25) is 28.0 Å². The highest BCUT2D eigenvalue weighted by atomic mass is 31.3. The molecule has 37 heavy (non-hydrogen) atoms. The van der Waals surface area contributed by atoms with Crippen molar-refractivity contribution in [2.75, 3.05) is 6.61 Å². The number of carboxylic acid groups (broad SMARTS) is 1. The van der Waals surface area contributed by atoms with E-state index in [2.05, 4.69) is 18.1 Å². The topological polar surface area (TPSA) is 323 Å². The van der Waals surface area contributed by atoms with Gasteiger partial charge in [-0.05, 0) is 0 Å². The first kappa shape index (κ1) is 29.7. The fourth-order valence-electron chi connectivity index (χ4n) is 3.31. The molecule has 2 saturated heterocycles. The van der Waals surface area contributed by atoms with Crippen LogP contribution in [0.1, 0.15) is 6.23 Å². The van der Waals surface area contributed by atoms with E-state index in [1.807, 2.05) is 4.98 Å². The number of aromatic amines is 1. The molecule has 0 radical (unpaired) electrons. The molecule has 0 aliphatic carbocycles. The van der Waals surface area contributed by atoms with E-state index in [-0.39, 0.29) is 0 Å². The van der Waals surface area contributed by atoms with Gasteiger partial charge >= 0.3 is 5.69 Å². The molecule has 3 heterocycles. The number of carbonyl (C=O) groups is 1. The molecular weight excluding hydrogens is 558 g/mol. The summed E-state index contributed by atoms with van der Waals surface area (Å²) in [6.07, 6.45) is -18.0. The van der Waals surface area contributed by atoms with Crippen molar-refractivity contribution in [3.63, 3.8) is 0 Å². The van der Waals surface area contributed by atoms with Crippen LogP contribution < -0.4 is 26.1 Å². The summed E-state index contributed by atoms with van der Waals surface area (Å²) in [4.78, 5) is 59.8. The molecule has 0 amide bonds. The Morgan fingerprint density at radius 2 is 1.65 bits per heavy atom. The van der Waals surface area contributed by atoms with Crippen LogP contribution in [0.15, 0.2) is 21.9 Å². The van der Waals surface area contributed by atoms with Crippen LogP contribution >= 0.6 is 15.6 Å². The smallest absolute Gasteiger partial charge is 0.330 e. The number of hydrogen-bond acceptors (Lipinski definition) is 18. The third-order valence-electron chi connectivity index (χ3n) is 5.09. The number of H-pyrrole nitrogens is 1. The Hall–Kier alpha value is -1.87. The minimum Gasteiger partial charge on any atom is -0.756 e. The maximum absolute atomic E-state index is 12.0. The summed E-state index contributed by atoms with van der Waals surface area (Å²) in [7, 11) is -11.9. The second kappa shape index (κ2) is 11.1. The van der Waals surface area contributed by atoms with Gasteiger partial charge < -0.3 is 59.2 Å². The van der Waals surface area contributed by atoms with Gasteiger partial charge in [0.25, 0.3) is 21.2 Å². The highest BCUT2D eigenvalue weighted by Crippen LogP contribution is 2.57. The van der Waals surface area contributed by atoms with E-state index in [0.717, 1.165) is 12.3 Å². The van der Waals surface area contributed by atoms with Crippen molar-refractivity contribution in [2.24, 2.45) is 0 Å². The molecule has 2 aliphatic rings. The zero-order chi connectivity index (χ0) is 27.9. The fraction of sp³-hybridized carbons (Fsp3) is 0.667. The number of rotatable bonds is 9. The van der Waals surface area contributed by atoms with Crippen LogP contribution in [-0.4, -0.2) is 96.7 Å². The quantitative estimate of drug-likeness (QED) is 0.148. The summed E-state index contributed by atoms with van der Waals surface area (Å²) in [5.74, 6) is -2.13. The largest absolute Gasteiger partial charge is 0.756 e. The van der Waals surface area contributed by atoms with Crippen molar-refractivity contribution in [2.45, 2.75) is 55.2 Å². The molecule has 2 fully saturated rings. The number of carbonyl (C=O) groups excluding carboxylic acids is 1. The summed E-state index contributed by atoms with van der Waals surface area (Å²) in [6, 6.07) is 0.890. The maximum atomic E-state index is 12.0. The van der Waals surface area contributed by atoms with Gasteiger partial charge in [-0.1, -0.05) is 0 Å². The Morgan fingerprint density at radius 3 is 2.24 bits per heavy atom. The molecule has 20 nitrogen and oxygen atoms in total. The third-order valence-corrected chi connectivity index (χ3v) is 7.63. The zero-order valence-corrected chi connectivity index (χ0v) is 19.7. The van der Waals surface area contributed by atoms with E-state index >= 15 is 0 Å². The normalized spacial score (nSPS) is 37.5. The molecule has 1 aromatic rings. The Labute approximate surface area is 204 Å². The number of aliphatic carboxylic acids is 1. The first-order valence-corrected chi connectivity index (χ1v) is 12.8. The molecule has 0 spiro atoms. The number of hydrogen-bond donors (Lipinski definition) is 6. The first-order chi connectivity index (χ1) is 17.0. The summed E-state index contributed by atoms with van der Waals surface area (Å²) >= 11 is 0. The third kappa shape index (κ3) is 6.77. The standard InChI is InChI=1S/C15H22N2O18P2/c18-5-1-2-17(15(26)16-5)12-9(22)6(19)4(32-12)3-31-36(27,28)35-37(29,30)34-14-10(23)7(20)8(21)11(33-14)13(24)25/h1-2,4,6-12,14,19-23H,3H2,(H,24,25)(H,27,28)(H,29,30)(H,16,18,26)/p-3/t4-,6-,7+,8+,9-,10-,11+,12-,14-/m1/s1. The lowest BCUT2D eigenvalue weighted by Crippen LogP contribution is -2.62. The van der Waals surface area contributed by atoms with E-state index in [1.54, 1.807) is 0 Å². The van der Waals surface area contributed by atoms with E-state index in [4.69, 9.17) is 4.74 Å². The first-order valence-electron chi connectivity index (χ1n) is 9.93. The number of nitrogens with one attached hydrogen (secondary N) is 1. The molecule has 0 aromatic carbocycles. The van der Waals surface area contributed by atoms with E-state index in [9.17, 15) is 63.9 Å². The zero-order valence-electron chi connectivity index (χ0n) is 17.9. The Balaban J connectivity index is 1.63. The summed E-state index contributed by atoms with van der Waals surface area (Å²) in [5.41, 5.74) is -1.83. The number of aliphatic hydroxyl groups excluding tert-OH is 5. The Kier molecular flexibility index (Phi) is 8.89. The second-order valence-corrected chi connectivity index (χ2v) is 10.6. The van der Waals surface area contributed by atoms with Crippen LogP contribution in [0.25, 0.3) is 0 Å². The van der Waals surface area contributed by atoms with Crippen molar-refractivity contribution >= 4 is 21.6 Å². The highest BCUT2D eigenvalue weighted by Gasteiger charge is 2.47. The highest BCUT2D eigenvalue weighted by molar-refractivity contribution is 7.59. The van der Waals surface area contributed by atoms with Gasteiger partial charge in [0.2, 0.25) is 0 Å². The summed E-state index contributed by atoms with van der Waals surface area (Å²) in [6.45, 7) is -1.17. The minimum absolute atomic E-state index is 0.670.